The van der Waals surface area contributed by atoms with Crippen LogP contribution in [0.4, 0.5) is 0 Å². The number of hydrogen-bond acceptors (Lipinski definition) is 3. The van der Waals surface area contributed by atoms with Gasteiger partial charge in [-0.15, -0.1) is 0 Å². The van der Waals surface area contributed by atoms with E-state index >= 15 is 0 Å². The standard InChI is InChI=1S/C9H14N4O2/c1-9(2,3)13-4-12-5(7(10)14)6(13)8(11)15/h4H,1-3H3,(H2,10,14)(H2,11,15). The van der Waals surface area contributed by atoms with Gasteiger partial charge in [-0.05, 0) is 20.8 Å². The number of aromatic nitrogens is 2. The second-order valence-corrected chi connectivity index (χ2v) is 4.21. The van der Waals surface area contributed by atoms with Crippen molar-refractivity contribution in [2.24, 2.45) is 11.5 Å². The van der Waals surface area contributed by atoms with E-state index in [-0.39, 0.29) is 16.9 Å². The van der Waals surface area contributed by atoms with Crippen LogP contribution in [0.5, 0.6) is 0 Å². The van der Waals surface area contributed by atoms with Crippen LogP contribution in [0.25, 0.3) is 0 Å². The van der Waals surface area contributed by atoms with Gasteiger partial charge in [0.25, 0.3) is 11.8 Å². The summed E-state index contributed by atoms with van der Waals surface area (Å²) in [7, 11) is 0. The van der Waals surface area contributed by atoms with Gasteiger partial charge in [0.05, 0.1) is 6.33 Å². The number of carbonyl (C=O) groups is 2. The summed E-state index contributed by atoms with van der Waals surface area (Å²) in [5.41, 5.74) is 9.85. The maximum absolute atomic E-state index is 11.2. The molecule has 0 saturated carbocycles. The predicted octanol–water partition coefficient (Wildman–Crippen LogP) is -0.164. The molecule has 82 valence electrons. The van der Waals surface area contributed by atoms with E-state index in [1.54, 1.807) is 0 Å². The van der Waals surface area contributed by atoms with Crippen LogP contribution >= 0.6 is 0 Å². The second-order valence-electron chi connectivity index (χ2n) is 4.21. The number of rotatable bonds is 2. The van der Waals surface area contributed by atoms with Crippen LogP contribution in [0.1, 0.15) is 41.7 Å². The van der Waals surface area contributed by atoms with E-state index in [9.17, 15) is 9.59 Å². The van der Waals surface area contributed by atoms with Gasteiger partial charge in [0, 0.05) is 5.54 Å². The Morgan fingerprint density at radius 2 is 1.80 bits per heavy atom. The normalized spacial score (nSPS) is 11.4. The lowest BCUT2D eigenvalue weighted by atomic mass is 10.1. The maximum Gasteiger partial charge on any atom is 0.269 e. The number of carbonyl (C=O) groups excluding carboxylic acids is 2. The van der Waals surface area contributed by atoms with Crippen molar-refractivity contribution in [3.05, 3.63) is 17.7 Å². The first-order valence-electron chi connectivity index (χ1n) is 4.42. The second kappa shape index (κ2) is 3.38. The first kappa shape index (κ1) is 11.2. The molecule has 1 heterocycles. The van der Waals surface area contributed by atoms with Crippen LogP contribution in [-0.4, -0.2) is 21.4 Å². The van der Waals surface area contributed by atoms with Crippen LogP contribution < -0.4 is 11.5 Å². The zero-order chi connectivity index (χ0) is 11.8. The van der Waals surface area contributed by atoms with Crippen LogP contribution in [0.3, 0.4) is 0 Å². The van der Waals surface area contributed by atoms with Crippen molar-refractivity contribution in [3.63, 3.8) is 0 Å². The molecule has 1 aromatic heterocycles. The summed E-state index contributed by atoms with van der Waals surface area (Å²) in [5, 5.41) is 0. The molecule has 4 N–H and O–H groups in total. The number of nitrogens with two attached hydrogens (primary N) is 2. The third-order valence-corrected chi connectivity index (χ3v) is 1.96. The first-order valence-corrected chi connectivity index (χ1v) is 4.42. The highest BCUT2D eigenvalue weighted by atomic mass is 16.2. The largest absolute Gasteiger partial charge is 0.364 e. The fourth-order valence-corrected chi connectivity index (χ4v) is 1.27. The van der Waals surface area contributed by atoms with Crippen LogP contribution in [0.15, 0.2) is 6.33 Å². The highest BCUT2D eigenvalue weighted by Gasteiger charge is 2.25. The van der Waals surface area contributed by atoms with Crippen LogP contribution in [0, 0.1) is 0 Å². The molecule has 0 spiro atoms. The van der Waals surface area contributed by atoms with Crippen molar-refractivity contribution in [3.8, 4) is 0 Å². The van der Waals surface area contributed by atoms with Crippen molar-refractivity contribution in [1.82, 2.24) is 9.55 Å². The minimum atomic E-state index is -0.758. The van der Waals surface area contributed by atoms with Gasteiger partial charge in [-0.1, -0.05) is 0 Å². The topological polar surface area (TPSA) is 104 Å². The summed E-state index contributed by atoms with van der Waals surface area (Å²) in [6, 6.07) is 0. The molecule has 0 fully saturated rings. The molecule has 0 bridgehead atoms. The molecular weight excluding hydrogens is 196 g/mol. The Morgan fingerprint density at radius 3 is 2.13 bits per heavy atom. The smallest absolute Gasteiger partial charge is 0.269 e. The Labute approximate surface area is 87.3 Å². The van der Waals surface area contributed by atoms with Gasteiger partial charge in [-0.25, -0.2) is 4.98 Å². The Hall–Kier alpha value is -1.85. The molecule has 1 rings (SSSR count). The summed E-state index contributed by atoms with van der Waals surface area (Å²) in [4.78, 5) is 26.0. The highest BCUT2D eigenvalue weighted by Crippen LogP contribution is 2.18. The molecule has 0 aromatic carbocycles. The van der Waals surface area contributed by atoms with E-state index in [4.69, 9.17) is 11.5 Å². The van der Waals surface area contributed by atoms with Crippen molar-refractivity contribution in [2.75, 3.05) is 0 Å². The van der Waals surface area contributed by atoms with E-state index in [0.717, 1.165) is 0 Å². The molecular formula is C9H14N4O2. The monoisotopic (exact) mass is 210 g/mol. The summed E-state index contributed by atoms with van der Waals surface area (Å²) >= 11 is 0. The van der Waals surface area contributed by atoms with Crippen molar-refractivity contribution in [2.45, 2.75) is 26.3 Å². The molecule has 0 aliphatic heterocycles. The molecule has 0 unspecified atom stereocenters. The lowest BCUT2D eigenvalue weighted by Gasteiger charge is -2.22. The van der Waals surface area contributed by atoms with Gasteiger partial charge in [-0.2, -0.15) is 0 Å². The molecule has 0 saturated heterocycles. The molecule has 0 atom stereocenters. The predicted molar refractivity (Wildman–Crippen MR) is 54.3 cm³/mol. The number of hydrogen-bond donors (Lipinski definition) is 2. The van der Waals surface area contributed by atoms with Crippen molar-refractivity contribution >= 4 is 11.8 Å². The molecule has 6 nitrogen and oxygen atoms in total. The average molecular weight is 210 g/mol. The summed E-state index contributed by atoms with van der Waals surface area (Å²) < 4.78 is 1.54. The van der Waals surface area contributed by atoms with Crippen LogP contribution in [-0.2, 0) is 5.54 Å². The van der Waals surface area contributed by atoms with Crippen LogP contribution in [0.2, 0.25) is 0 Å². The number of primary amides is 2. The summed E-state index contributed by atoms with van der Waals surface area (Å²) in [5.74, 6) is -1.47. The molecule has 0 radical (unpaired) electrons. The molecule has 2 amide bonds. The molecule has 1 aromatic rings. The first-order chi connectivity index (χ1) is 6.75. The fourth-order valence-electron chi connectivity index (χ4n) is 1.27. The molecule has 15 heavy (non-hydrogen) atoms. The molecule has 0 aliphatic rings. The zero-order valence-corrected chi connectivity index (χ0v) is 8.94. The van der Waals surface area contributed by atoms with Gasteiger partial charge >= 0.3 is 0 Å². The fraction of sp³-hybridized carbons (Fsp3) is 0.444. The van der Waals surface area contributed by atoms with E-state index in [0.29, 0.717) is 0 Å². The van der Waals surface area contributed by atoms with E-state index in [1.807, 2.05) is 20.8 Å². The Kier molecular flexibility index (Phi) is 2.53. The lowest BCUT2D eigenvalue weighted by Crippen LogP contribution is -2.30. The Balaban J connectivity index is 3.44. The van der Waals surface area contributed by atoms with Gasteiger partial charge < -0.3 is 16.0 Å². The Morgan fingerprint density at radius 1 is 1.27 bits per heavy atom. The molecule has 6 heteroatoms. The van der Waals surface area contributed by atoms with E-state index < -0.39 is 11.8 Å². The molecule has 0 aliphatic carbocycles. The van der Waals surface area contributed by atoms with Gasteiger partial charge in [0.15, 0.2) is 5.69 Å². The van der Waals surface area contributed by atoms with Gasteiger partial charge in [0.2, 0.25) is 0 Å². The Bertz CT molecular complexity index is 414. The quantitative estimate of drug-likeness (QED) is 0.708. The summed E-state index contributed by atoms with van der Waals surface area (Å²) in [6.45, 7) is 5.60. The highest BCUT2D eigenvalue weighted by molar-refractivity contribution is 6.03. The van der Waals surface area contributed by atoms with Gasteiger partial charge in [0.1, 0.15) is 5.69 Å². The summed E-state index contributed by atoms with van der Waals surface area (Å²) in [6.07, 6.45) is 1.39. The van der Waals surface area contributed by atoms with Gasteiger partial charge in [-0.3, -0.25) is 9.59 Å². The third kappa shape index (κ3) is 1.98. The third-order valence-electron chi connectivity index (χ3n) is 1.96. The number of imidazole rings is 1. The average Bonchev–Trinajstić information content (AvgIpc) is 2.45. The lowest BCUT2D eigenvalue weighted by molar-refractivity contribution is 0.0955. The van der Waals surface area contributed by atoms with E-state index in [1.165, 1.54) is 10.9 Å². The minimum Gasteiger partial charge on any atom is -0.364 e. The van der Waals surface area contributed by atoms with Crippen molar-refractivity contribution in [1.29, 1.82) is 0 Å². The SMILES string of the molecule is CC(C)(C)n1cnc(C(N)=O)c1C(N)=O. The van der Waals surface area contributed by atoms with E-state index in [2.05, 4.69) is 4.98 Å². The zero-order valence-electron chi connectivity index (χ0n) is 8.94. The number of nitrogens with zero attached hydrogens (tertiary/aromatic N) is 2. The maximum atomic E-state index is 11.2. The van der Waals surface area contributed by atoms with Crippen molar-refractivity contribution < 1.29 is 9.59 Å². The minimum absolute atomic E-state index is 0.0509. The number of amides is 2.